The second-order valence-corrected chi connectivity index (χ2v) is 6.42. The van der Waals surface area contributed by atoms with E-state index < -0.39 is 5.97 Å². The lowest BCUT2D eigenvalue weighted by Gasteiger charge is -2.45. The van der Waals surface area contributed by atoms with Gasteiger partial charge in [-0.1, -0.05) is 34.3 Å². The number of fused-ring (bicyclic) bond motifs is 2. The average Bonchev–Trinajstić information content (AvgIpc) is 2.61. The van der Waals surface area contributed by atoms with E-state index in [1.807, 2.05) is 0 Å². The Labute approximate surface area is 110 Å². The van der Waals surface area contributed by atoms with Crippen LogP contribution < -0.4 is 0 Å². The maximum Gasteiger partial charge on any atom is 0.327 e. The highest BCUT2D eigenvalue weighted by Crippen LogP contribution is 2.70. The summed E-state index contributed by atoms with van der Waals surface area (Å²) >= 11 is 0. The van der Waals surface area contributed by atoms with E-state index in [1.165, 1.54) is 12.8 Å². The second-order valence-electron chi connectivity index (χ2n) is 6.42. The molecule has 2 aliphatic rings. The van der Waals surface area contributed by atoms with Crippen molar-refractivity contribution in [2.45, 2.75) is 59.0 Å². The van der Waals surface area contributed by atoms with Crippen molar-refractivity contribution in [2.24, 2.45) is 16.7 Å². The van der Waals surface area contributed by atoms with Crippen LogP contribution in [0.4, 0.5) is 0 Å². The van der Waals surface area contributed by atoms with Gasteiger partial charge >= 0.3 is 5.97 Å². The Hall–Kier alpha value is -0.830. The van der Waals surface area contributed by atoms with Gasteiger partial charge in [-0.15, -0.1) is 0 Å². The fraction of sp³-hybridized carbons (Fsp3) is 0.800. The van der Waals surface area contributed by atoms with E-state index in [0.29, 0.717) is 5.41 Å². The van der Waals surface area contributed by atoms with E-state index in [-0.39, 0.29) is 11.0 Å². The van der Waals surface area contributed by atoms with Crippen LogP contribution in [0.2, 0.25) is 0 Å². The van der Waals surface area contributed by atoms with Gasteiger partial charge in [-0.2, -0.15) is 0 Å². The van der Waals surface area contributed by atoms with Crippen LogP contribution >= 0.6 is 0 Å². The van der Waals surface area contributed by atoms with Gasteiger partial charge in [0.15, 0.2) is 0 Å². The number of rotatable bonds is 2. The third-order valence-electron chi connectivity index (χ3n) is 5.81. The highest BCUT2D eigenvalue weighted by atomic mass is 16.4. The monoisotopic (exact) mass is 254 g/mol. The summed E-state index contributed by atoms with van der Waals surface area (Å²) in [6.07, 6.45) is 5.33. The molecule has 0 amide bonds. The minimum atomic E-state index is -0.981. The van der Waals surface area contributed by atoms with Gasteiger partial charge in [0, 0.05) is 11.5 Å². The molecule has 0 aliphatic heterocycles. The lowest BCUT2D eigenvalue weighted by molar-refractivity contribution is -0.131. The number of aliphatic carboxylic acids is 1. The molecule has 0 radical (unpaired) electrons. The molecule has 0 heterocycles. The predicted molar refractivity (Wildman–Crippen MR) is 72.3 cm³/mol. The fourth-order valence-corrected chi connectivity index (χ4v) is 3.95. The zero-order valence-corrected chi connectivity index (χ0v) is 12.0. The van der Waals surface area contributed by atoms with Crippen molar-refractivity contribution in [3.05, 3.63) is 12.7 Å². The van der Waals surface area contributed by atoms with Crippen molar-refractivity contribution in [2.75, 3.05) is 0 Å². The number of carboxylic acid groups (broad SMARTS) is 1. The summed E-state index contributed by atoms with van der Waals surface area (Å²) in [6.45, 7) is 12.1. The standard InChI is InChI=1S/C12H22O.C3H4O2/c1-5-12(13)8-9-6-7-11(12,4)10(9,2)3;1-2-3(4)5/h9,13H,5-8H2,1-4H3;2H,1H2,(H,4,5). The summed E-state index contributed by atoms with van der Waals surface area (Å²) < 4.78 is 0. The smallest absolute Gasteiger partial charge is 0.327 e. The summed E-state index contributed by atoms with van der Waals surface area (Å²) in [5.74, 6) is -0.229. The maximum atomic E-state index is 10.6. The summed E-state index contributed by atoms with van der Waals surface area (Å²) in [4.78, 5) is 9.25. The molecule has 3 heteroatoms. The van der Waals surface area contributed by atoms with Gasteiger partial charge in [-0.05, 0) is 37.0 Å². The van der Waals surface area contributed by atoms with Crippen molar-refractivity contribution in [3.8, 4) is 0 Å². The van der Waals surface area contributed by atoms with Gasteiger partial charge in [0.25, 0.3) is 0 Å². The lowest BCUT2D eigenvalue weighted by atomic mass is 9.64. The summed E-state index contributed by atoms with van der Waals surface area (Å²) in [6, 6.07) is 0. The number of hydrogen-bond acceptors (Lipinski definition) is 2. The summed E-state index contributed by atoms with van der Waals surface area (Å²) in [7, 11) is 0. The SMILES string of the molecule is C=CC(=O)O.CCC1(O)CC2CCC1(C)C2(C)C. The molecule has 18 heavy (non-hydrogen) atoms. The van der Waals surface area contributed by atoms with Crippen LogP contribution in [0.5, 0.6) is 0 Å². The first-order chi connectivity index (χ1) is 8.14. The van der Waals surface area contributed by atoms with Crippen LogP contribution in [-0.2, 0) is 4.79 Å². The largest absolute Gasteiger partial charge is 0.478 e. The maximum absolute atomic E-state index is 10.6. The van der Waals surface area contributed by atoms with Gasteiger partial charge in [0.05, 0.1) is 5.60 Å². The average molecular weight is 254 g/mol. The third kappa shape index (κ3) is 1.99. The van der Waals surface area contributed by atoms with Gasteiger partial charge in [0.1, 0.15) is 0 Å². The van der Waals surface area contributed by atoms with E-state index in [0.717, 1.165) is 24.8 Å². The molecule has 0 aromatic carbocycles. The van der Waals surface area contributed by atoms with Crippen molar-refractivity contribution in [3.63, 3.8) is 0 Å². The second kappa shape index (κ2) is 4.69. The molecule has 2 rings (SSSR count). The summed E-state index contributed by atoms with van der Waals surface area (Å²) in [5, 5.41) is 18.2. The molecular weight excluding hydrogens is 228 g/mol. The molecule has 0 aromatic rings. The molecule has 2 N–H and O–H groups in total. The van der Waals surface area contributed by atoms with Gasteiger partial charge in [0.2, 0.25) is 0 Å². The van der Waals surface area contributed by atoms with E-state index in [2.05, 4.69) is 34.3 Å². The van der Waals surface area contributed by atoms with Crippen molar-refractivity contribution in [1.29, 1.82) is 0 Å². The number of aliphatic hydroxyl groups is 1. The molecule has 3 atom stereocenters. The first kappa shape index (κ1) is 15.2. The normalized spacial score (nSPS) is 39.9. The number of carboxylic acids is 1. The molecule has 104 valence electrons. The quantitative estimate of drug-likeness (QED) is 0.744. The van der Waals surface area contributed by atoms with Crippen molar-refractivity contribution >= 4 is 5.97 Å². The Balaban J connectivity index is 0.000000280. The van der Waals surface area contributed by atoms with Crippen LogP contribution in [0.1, 0.15) is 53.4 Å². The van der Waals surface area contributed by atoms with E-state index in [9.17, 15) is 9.90 Å². The third-order valence-corrected chi connectivity index (χ3v) is 5.81. The van der Waals surface area contributed by atoms with E-state index in [1.54, 1.807) is 0 Å². The van der Waals surface area contributed by atoms with Crippen LogP contribution in [-0.4, -0.2) is 21.8 Å². The zero-order chi connectivity index (χ0) is 14.2. The van der Waals surface area contributed by atoms with Crippen molar-refractivity contribution in [1.82, 2.24) is 0 Å². The molecule has 0 spiro atoms. The van der Waals surface area contributed by atoms with E-state index >= 15 is 0 Å². The lowest BCUT2D eigenvalue weighted by Crippen LogP contribution is -2.46. The Bertz CT molecular complexity index is 348. The van der Waals surface area contributed by atoms with Gasteiger partial charge in [-0.25, -0.2) is 4.79 Å². The Morgan fingerprint density at radius 3 is 2.11 bits per heavy atom. The van der Waals surface area contributed by atoms with Crippen LogP contribution in [0.3, 0.4) is 0 Å². The molecule has 0 aromatic heterocycles. The highest BCUT2D eigenvalue weighted by Gasteiger charge is 2.67. The molecule has 2 aliphatic carbocycles. The number of hydrogen-bond donors (Lipinski definition) is 2. The predicted octanol–water partition coefficient (Wildman–Crippen LogP) is 3.23. The van der Waals surface area contributed by atoms with Crippen LogP contribution in [0, 0.1) is 16.7 Å². The minimum absolute atomic E-state index is 0.166. The van der Waals surface area contributed by atoms with E-state index in [4.69, 9.17) is 5.11 Å². The van der Waals surface area contributed by atoms with Gasteiger partial charge < -0.3 is 10.2 Å². The van der Waals surface area contributed by atoms with Crippen LogP contribution in [0.25, 0.3) is 0 Å². The topological polar surface area (TPSA) is 57.5 Å². The van der Waals surface area contributed by atoms with Crippen molar-refractivity contribution < 1.29 is 15.0 Å². The Kier molecular flexibility index (Phi) is 3.97. The van der Waals surface area contributed by atoms with Gasteiger partial charge in [-0.3, -0.25) is 0 Å². The molecule has 2 saturated carbocycles. The minimum Gasteiger partial charge on any atom is -0.478 e. The zero-order valence-electron chi connectivity index (χ0n) is 12.0. The summed E-state index contributed by atoms with van der Waals surface area (Å²) in [5.41, 5.74) is 0.136. The Morgan fingerprint density at radius 2 is 1.94 bits per heavy atom. The molecule has 2 fully saturated rings. The molecular formula is C15H26O3. The first-order valence-electron chi connectivity index (χ1n) is 6.72. The highest BCUT2D eigenvalue weighted by molar-refractivity contribution is 5.78. The first-order valence-corrected chi connectivity index (χ1v) is 6.72. The van der Waals surface area contributed by atoms with Crippen LogP contribution in [0.15, 0.2) is 12.7 Å². The fourth-order valence-electron chi connectivity index (χ4n) is 3.95. The molecule has 2 bridgehead atoms. The Morgan fingerprint density at radius 1 is 1.44 bits per heavy atom. The molecule has 3 unspecified atom stereocenters. The molecule has 0 saturated heterocycles. The number of carbonyl (C=O) groups is 1. The molecule has 3 nitrogen and oxygen atoms in total.